The van der Waals surface area contributed by atoms with Crippen LogP contribution >= 0.6 is 23.2 Å². The molecule has 1 atom stereocenters. The van der Waals surface area contributed by atoms with E-state index in [1.165, 1.54) is 11.9 Å². The highest BCUT2D eigenvalue weighted by atomic mass is 35.5. The minimum Gasteiger partial charge on any atom is -0.357 e. The molecule has 2 rings (SSSR count). The first kappa shape index (κ1) is 26.0. The van der Waals surface area contributed by atoms with E-state index in [1.807, 2.05) is 19.9 Å². The molecule has 0 fully saturated rings. The zero-order chi connectivity index (χ0) is 24.2. The summed E-state index contributed by atoms with van der Waals surface area (Å²) in [6.45, 7) is 4.71. The molecule has 32 heavy (non-hydrogen) atoms. The molecule has 0 aliphatic carbocycles. The molecular formula is C22H27Cl2N3O4S. The van der Waals surface area contributed by atoms with Crippen molar-refractivity contribution in [2.75, 3.05) is 24.2 Å². The molecule has 7 nitrogen and oxygen atoms in total. The molecule has 0 aliphatic rings. The van der Waals surface area contributed by atoms with Gasteiger partial charge in [-0.3, -0.25) is 13.9 Å². The summed E-state index contributed by atoms with van der Waals surface area (Å²) in [5.74, 6) is -0.972. The van der Waals surface area contributed by atoms with Gasteiger partial charge in [-0.25, -0.2) is 8.42 Å². The number of hydrogen-bond acceptors (Lipinski definition) is 4. The lowest BCUT2D eigenvalue weighted by Crippen LogP contribution is -2.50. The lowest BCUT2D eigenvalue weighted by molar-refractivity contribution is -0.139. The molecule has 0 heterocycles. The van der Waals surface area contributed by atoms with Crippen molar-refractivity contribution in [2.24, 2.45) is 0 Å². The third kappa shape index (κ3) is 6.37. The fourth-order valence-corrected chi connectivity index (χ4v) is 4.70. The molecule has 2 amide bonds. The van der Waals surface area contributed by atoms with Gasteiger partial charge in [0.05, 0.1) is 11.9 Å². The molecule has 0 saturated heterocycles. The number of carbonyl (C=O) groups is 2. The number of rotatable bonds is 8. The molecular weight excluding hydrogens is 473 g/mol. The van der Waals surface area contributed by atoms with Crippen molar-refractivity contribution in [1.82, 2.24) is 10.2 Å². The summed E-state index contributed by atoms with van der Waals surface area (Å²) in [6.07, 6.45) is 1.04. The van der Waals surface area contributed by atoms with Gasteiger partial charge in [-0.05, 0) is 56.2 Å². The summed E-state index contributed by atoms with van der Waals surface area (Å²) in [4.78, 5) is 27.0. The maximum Gasteiger partial charge on any atom is 0.244 e. The van der Waals surface area contributed by atoms with Gasteiger partial charge in [-0.2, -0.15) is 0 Å². The predicted octanol–water partition coefficient (Wildman–Crippen LogP) is 3.54. The number of anilines is 1. The Labute approximate surface area is 199 Å². The molecule has 2 aromatic rings. The standard InChI is InChI=1S/C22H27Cl2N3O4S/c1-14-9-15(2)11-17(10-14)27(32(5,30)31)13-21(28)26(16(3)22(29)25-4)12-18-19(23)7-6-8-20(18)24/h6-11,16H,12-13H2,1-5H3,(H,25,29)/t16-/m1/s1. The number of amides is 2. The number of likely N-dealkylation sites (N-methyl/N-ethyl adjacent to an activating group) is 1. The average molecular weight is 500 g/mol. The van der Waals surface area contributed by atoms with Crippen LogP contribution in [0.3, 0.4) is 0 Å². The van der Waals surface area contributed by atoms with E-state index in [-0.39, 0.29) is 6.54 Å². The number of benzene rings is 2. The van der Waals surface area contributed by atoms with Crippen molar-refractivity contribution in [3.8, 4) is 0 Å². The molecule has 0 unspecified atom stereocenters. The highest BCUT2D eigenvalue weighted by Crippen LogP contribution is 2.27. The van der Waals surface area contributed by atoms with Crippen molar-refractivity contribution in [3.63, 3.8) is 0 Å². The van der Waals surface area contributed by atoms with E-state index in [4.69, 9.17) is 23.2 Å². The lowest BCUT2D eigenvalue weighted by atomic mass is 10.1. The number of nitrogens with one attached hydrogen (secondary N) is 1. The molecule has 0 aliphatic heterocycles. The van der Waals surface area contributed by atoms with E-state index in [1.54, 1.807) is 37.3 Å². The van der Waals surface area contributed by atoms with Crippen molar-refractivity contribution >= 4 is 50.7 Å². The van der Waals surface area contributed by atoms with E-state index in [0.29, 0.717) is 21.3 Å². The normalized spacial score (nSPS) is 12.2. The number of hydrogen-bond donors (Lipinski definition) is 1. The van der Waals surface area contributed by atoms with E-state index in [9.17, 15) is 18.0 Å². The molecule has 174 valence electrons. The Morgan fingerprint density at radius 3 is 2.06 bits per heavy atom. The minimum atomic E-state index is -3.79. The average Bonchev–Trinajstić information content (AvgIpc) is 2.69. The first-order valence-corrected chi connectivity index (χ1v) is 12.5. The largest absolute Gasteiger partial charge is 0.357 e. The summed E-state index contributed by atoms with van der Waals surface area (Å²) in [5, 5.41) is 3.20. The molecule has 0 aromatic heterocycles. The zero-order valence-corrected chi connectivity index (χ0v) is 21.0. The Balaban J connectivity index is 2.47. The van der Waals surface area contributed by atoms with Gasteiger partial charge in [-0.1, -0.05) is 35.3 Å². The molecule has 1 N–H and O–H groups in total. The second-order valence-corrected chi connectivity index (χ2v) is 10.3. The van der Waals surface area contributed by atoms with E-state index < -0.39 is 34.4 Å². The summed E-state index contributed by atoms with van der Waals surface area (Å²) < 4.78 is 26.2. The number of nitrogens with zero attached hydrogens (tertiary/aromatic N) is 2. The summed E-state index contributed by atoms with van der Waals surface area (Å²) in [5.41, 5.74) is 2.57. The smallest absolute Gasteiger partial charge is 0.244 e. The van der Waals surface area contributed by atoms with E-state index >= 15 is 0 Å². The maximum absolute atomic E-state index is 13.4. The first-order valence-electron chi connectivity index (χ1n) is 9.85. The van der Waals surface area contributed by atoms with Gasteiger partial charge < -0.3 is 10.2 Å². The highest BCUT2D eigenvalue weighted by Gasteiger charge is 2.30. The van der Waals surface area contributed by atoms with Crippen LogP contribution < -0.4 is 9.62 Å². The predicted molar refractivity (Wildman–Crippen MR) is 129 cm³/mol. The van der Waals surface area contributed by atoms with Crippen LogP contribution in [0.4, 0.5) is 5.69 Å². The monoisotopic (exact) mass is 499 g/mol. The van der Waals surface area contributed by atoms with Gasteiger partial charge in [0.1, 0.15) is 12.6 Å². The van der Waals surface area contributed by atoms with Crippen LogP contribution in [-0.4, -0.2) is 51.0 Å². The Kier molecular flexibility index (Phi) is 8.56. The molecule has 2 aromatic carbocycles. The van der Waals surface area contributed by atoms with Crippen molar-refractivity contribution in [2.45, 2.75) is 33.4 Å². The van der Waals surface area contributed by atoms with Crippen LogP contribution in [0.5, 0.6) is 0 Å². The van der Waals surface area contributed by atoms with Gasteiger partial charge in [0.25, 0.3) is 0 Å². The Hall–Kier alpha value is -2.29. The second-order valence-electron chi connectivity index (χ2n) is 7.63. The van der Waals surface area contributed by atoms with Crippen LogP contribution in [0.1, 0.15) is 23.6 Å². The third-order valence-electron chi connectivity index (χ3n) is 4.98. The van der Waals surface area contributed by atoms with Gasteiger partial charge in [0.2, 0.25) is 21.8 Å². The topological polar surface area (TPSA) is 86.8 Å². The molecule has 0 radical (unpaired) electrons. The third-order valence-corrected chi connectivity index (χ3v) is 6.83. The summed E-state index contributed by atoms with van der Waals surface area (Å²) in [7, 11) is -2.33. The zero-order valence-electron chi connectivity index (χ0n) is 18.6. The number of carbonyl (C=O) groups excluding carboxylic acids is 2. The first-order chi connectivity index (χ1) is 14.8. The van der Waals surface area contributed by atoms with Crippen molar-refractivity contribution < 1.29 is 18.0 Å². The second kappa shape index (κ2) is 10.6. The fourth-order valence-electron chi connectivity index (χ4n) is 3.35. The van der Waals surface area contributed by atoms with Gasteiger partial charge in [0, 0.05) is 29.2 Å². The van der Waals surface area contributed by atoms with Crippen molar-refractivity contribution in [1.29, 1.82) is 0 Å². The molecule has 0 bridgehead atoms. The van der Waals surface area contributed by atoms with E-state index in [2.05, 4.69) is 5.32 Å². The van der Waals surface area contributed by atoms with E-state index in [0.717, 1.165) is 21.7 Å². The number of halogens is 2. The van der Waals surface area contributed by atoms with Crippen LogP contribution in [0.25, 0.3) is 0 Å². The van der Waals surface area contributed by atoms with Crippen LogP contribution in [0, 0.1) is 13.8 Å². The Morgan fingerprint density at radius 1 is 1.06 bits per heavy atom. The Morgan fingerprint density at radius 2 is 1.59 bits per heavy atom. The SMILES string of the molecule is CNC(=O)[C@@H](C)N(Cc1c(Cl)cccc1Cl)C(=O)CN(c1cc(C)cc(C)c1)S(C)(=O)=O. The lowest BCUT2D eigenvalue weighted by Gasteiger charge is -2.31. The van der Waals surface area contributed by atoms with Gasteiger partial charge >= 0.3 is 0 Å². The van der Waals surface area contributed by atoms with Crippen LogP contribution in [0.2, 0.25) is 10.0 Å². The van der Waals surface area contributed by atoms with Crippen LogP contribution in [-0.2, 0) is 26.2 Å². The molecule has 0 saturated carbocycles. The molecule has 10 heteroatoms. The molecule has 0 spiro atoms. The van der Waals surface area contributed by atoms with Gasteiger partial charge in [-0.15, -0.1) is 0 Å². The summed E-state index contributed by atoms with van der Waals surface area (Å²) >= 11 is 12.6. The highest BCUT2D eigenvalue weighted by molar-refractivity contribution is 7.92. The van der Waals surface area contributed by atoms with Crippen LogP contribution in [0.15, 0.2) is 36.4 Å². The number of aryl methyl sites for hydroxylation is 2. The minimum absolute atomic E-state index is 0.0592. The van der Waals surface area contributed by atoms with Crippen molar-refractivity contribution in [3.05, 3.63) is 63.1 Å². The summed E-state index contributed by atoms with van der Waals surface area (Å²) in [6, 6.07) is 9.35. The fraction of sp³-hybridized carbons (Fsp3) is 0.364. The Bertz CT molecular complexity index is 1080. The number of sulfonamides is 1. The quantitative estimate of drug-likeness (QED) is 0.601. The maximum atomic E-state index is 13.4. The van der Waals surface area contributed by atoms with Gasteiger partial charge in [0.15, 0.2) is 0 Å².